The van der Waals surface area contributed by atoms with E-state index in [1.54, 1.807) is 0 Å². The Morgan fingerprint density at radius 2 is 1.79 bits per heavy atom. The van der Waals surface area contributed by atoms with Crippen LogP contribution in [0.5, 0.6) is 0 Å². The van der Waals surface area contributed by atoms with Gasteiger partial charge in [0.15, 0.2) is 0 Å². The lowest BCUT2D eigenvalue weighted by Crippen LogP contribution is -2.54. The van der Waals surface area contributed by atoms with Crippen molar-refractivity contribution in [1.82, 2.24) is 15.1 Å². The fourth-order valence-corrected chi connectivity index (χ4v) is 3.55. The van der Waals surface area contributed by atoms with Crippen molar-refractivity contribution in [2.45, 2.75) is 46.6 Å². The van der Waals surface area contributed by atoms with Gasteiger partial charge in [-0.2, -0.15) is 0 Å². The molecule has 0 bridgehead atoms. The number of nitrogens with zero attached hydrogens (tertiary/aromatic N) is 2. The van der Waals surface area contributed by atoms with Crippen LogP contribution < -0.4 is 5.32 Å². The zero-order valence-corrected chi connectivity index (χ0v) is 13.4. The van der Waals surface area contributed by atoms with Gasteiger partial charge >= 0.3 is 0 Å². The molecule has 0 radical (unpaired) electrons. The molecule has 112 valence electrons. The van der Waals surface area contributed by atoms with E-state index < -0.39 is 0 Å². The third-order valence-electron chi connectivity index (χ3n) is 4.50. The summed E-state index contributed by atoms with van der Waals surface area (Å²) in [5.41, 5.74) is 0.428. The quantitative estimate of drug-likeness (QED) is 0.844. The highest BCUT2D eigenvalue weighted by Crippen LogP contribution is 2.21. The Kier molecular flexibility index (Phi) is 5.27. The Labute approximate surface area is 119 Å². The molecule has 1 atom stereocenters. The Bertz CT molecular complexity index is 266. The van der Waals surface area contributed by atoms with E-state index >= 15 is 0 Å². The molecule has 2 aliphatic rings. The van der Waals surface area contributed by atoms with Crippen molar-refractivity contribution in [1.29, 1.82) is 0 Å². The molecule has 3 heteroatoms. The van der Waals surface area contributed by atoms with Crippen molar-refractivity contribution in [3.8, 4) is 0 Å². The monoisotopic (exact) mass is 267 g/mol. The van der Waals surface area contributed by atoms with Gasteiger partial charge in [-0.3, -0.25) is 4.90 Å². The van der Waals surface area contributed by atoms with Gasteiger partial charge in [-0.15, -0.1) is 0 Å². The summed E-state index contributed by atoms with van der Waals surface area (Å²) in [7, 11) is 0. The highest BCUT2D eigenvalue weighted by Gasteiger charge is 2.28. The maximum Gasteiger partial charge on any atom is 0.0195 e. The number of nitrogens with one attached hydrogen (secondary N) is 1. The predicted molar refractivity (Wildman–Crippen MR) is 82.5 cm³/mol. The molecule has 3 nitrogen and oxygen atoms in total. The van der Waals surface area contributed by atoms with E-state index in [-0.39, 0.29) is 0 Å². The molecule has 0 aliphatic carbocycles. The van der Waals surface area contributed by atoms with Gasteiger partial charge in [-0.1, -0.05) is 20.8 Å². The van der Waals surface area contributed by atoms with Crippen molar-refractivity contribution < 1.29 is 0 Å². The fourth-order valence-electron chi connectivity index (χ4n) is 3.55. The van der Waals surface area contributed by atoms with Gasteiger partial charge in [-0.05, 0) is 44.2 Å². The predicted octanol–water partition coefficient (Wildman–Crippen LogP) is 2.04. The molecule has 2 aliphatic heterocycles. The standard InChI is InChI=1S/C16H33N3/c1-14-11-18(13-16(2,3)4)9-10-19(14)12-15-5-7-17-8-6-15/h14-15,17H,5-13H2,1-4H3. The molecule has 2 saturated heterocycles. The first-order valence-corrected chi connectivity index (χ1v) is 8.11. The second-order valence-corrected chi connectivity index (χ2v) is 7.83. The van der Waals surface area contributed by atoms with Crippen molar-refractivity contribution in [2.75, 3.05) is 45.8 Å². The van der Waals surface area contributed by atoms with Crippen LogP contribution in [0.1, 0.15) is 40.5 Å². The van der Waals surface area contributed by atoms with Gasteiger partial charge in [0.05, 0.1) is 0 Å². The summed E-state index contributed by atoms with van der Waals surface area (Å²) in [5.74, 6) is 0.929. The minimum absolute atomic E-state index is 0.428. The van der Waals surface area contributed by atoms with Gasteiger partial charge in [-0.25, -0.2) is 0 Å². The molecule has 0 amide bonds. The second-order valence-electron chi connectivity index (χ2n) is 7.83. The van der Waals surface area contributed by atoms with E-state index in [2.05, 4.69) is 42.8 Å². The number of hydrogen-bond acceptors (Lipinski definition) is 3. The SMILES string of the molecule is CC1CN(CC(C)(C)C)CCN1CC1CCNCC1. The lowest BCUT2D eigenvalue weighted by molar-refractivity contribution is 0.0490. The first-order valence-electron chi connectivity index (χ1n) is 8.11. The molecule has 2 fully saturated rings. The van der Waals surface area contributed by atoms with Crippen molar-refractivity contribution in [3.05, 3.63) is 0 Å². The third-order valence-corrected chi connectivity index (χ3v) is 4.50. The first-order chi connectivity index (χ1) is 8.94. The lowest BCUT2D eigenvalue weighted by Gasteiger charge is -2.43. The van der Waals surface area contributed by atoms with Crippen LogP contribution in [-0.4, -0.2) is 61.7 Å². The van der Waals surface area contributed by atoms with Crippen LogP contribution >= 0.6 is 0 Å². The Balaban J connectivity index is 1.76. The Hall–Kier alpha value is -0.120. The van der Waals surface area contributed by atoms with Crippen LogP contribution in [0.3, 0.4) is 0 Å². The molecule has 2 rings (SSSR count). The molecule has 0 aromatic rings. The summed E-state index contributed by atoms with van der Waals surface area (Å²) in [6.45, 7) is 18.2. The van der Waals surface area contributed by atoms with Crippen molar-refractivity contribution in [3.63, 3.8) is 0 Å². The van der Waals surface area contributed by atoms with Gasteiger partial charge in [0, 0.05) is 38.8 Å². The molecule has 2 heterocycles. The van der Waals surface area contributed by atoms with Crippen LogP contribution in [0.15, 0.2) is 0 Å². The smallest absolute Gasteiger partial charge is 0.0195 e. The minimum atomic E-state index is 0.428. The van der Waals surface area contributed by atoms with Crippen LogP contribution in [0, 0.1) is 11.3 Å². The zero-order valence-electron chi connectivity index (χ0n) is 13.4. The van der Waals surface area contributed by atoms with E-state index in [4.69, 9.17) is 0 Å². The first kappa shape index (κ1) is 15.3. The Morgan fingerprint density at radius 3 is 2.37 bits per heavy atom. The largest absolute Gasteiger partial charge is 0.317 e. The molecule has 0 spiro atoms. The zero-order chi connectivity index (χ0) is 13.9. The van der Waals surface area contributed by atoms with Gasteiger partial charge < -0.3 is 10.2 Å². The molecule has 1 unspecified atom stereocenters. The molecular weight excluding hydrogens is 234 g/mol. The number of piperidine rings is 1. The second kappa shape index (κ2) is 6.55. The summed E-state index contributed by atoms with van der Waals surface area (Å²) < 4.78 is 0. The van der Waals surface area contributed by atoms with Crippen LogP contribution in [0.25, 0.3) is 0 Å². The van der Waals surface area contributed by atoms with Gasteiger partial charge in [0.1, 0.15) is 0 Å². The molecular formula is C16H33N3. The highest BCUT2D eigenvalue weighted by molar-refractivity contribution is 4.83. The average Bonchev–Trinajstić information content (AvgIpc) is 2.32. The molecule has 0 aromatic heterocycles. The topological polar surface area (TPSA) is 18.5 Å². The van der Waals surface area contributed by atoms with E-state index in [9.17, 15) is 0 Å². The van der Waals surface area contributed by atoms with Crippen LogP contribution in [0.2, 0.25) is 0 Å². The molecule has 0 saturated carbocycles. The van der Waals surface area contributed by atoms with Crippen LogP contribution in [-0.2, 0) is 0 Å². The minimum Gasteiger partial charge on any atom is -0.317 e. The summed E-state index contributed by atoms with van der Waals surface area (Å²) >= 11 is 0. The van der Waals surface area contributed by atoms with Crippen molar-refractivity contribution in [2.24, 2.45) is 11.3 Å². The summed E-state index contributed by atoms with van der Waals surface area (Å²) in [6.07, 6.45) is 2.74. The summed E-state index contributed by atoms with van der Waals surface area (Å²) in [4.78, 5) is 5.39. The maximum absolute atomic E-state index is 3.47. The van der Waals surface area contributed by atoms with E-state index in [0.29, 0.717) is 5.41 Å². The molecule has 0 aromatic carbocycles. The fraction of sp³-hybridized carbons (Fsp3) is 1.00. The van der Waals surface area contributed by atoms with Crippen LogP contribution in [0.4, 0.5) is 0 Å². The highest BCUT2D eigenvalue weighted by atomic mass is 15.3. The number of hydrogen-bond donors (Lipinski definition) is 1. The van der Waals surface area contributed by atoms with Gasteiger partial charge in [0.25, 0.3) is 0 Å². The summed E-state index contributed by atoms with van der Waals surface area (Å²) in [5, 5.41) is 3.47. The normalized spacial score (nSPS) is 28.7. The van der Waals surface area contributed by atoms with E-state index in [0.717, 1.165) is 12.0 Å². The average molecular weight is 267 g/mol. The Morgan fingerprint density at radius 1 is 1.11 bits per heavy atom. The number of rotatable bonds is 3. The van der Waals surface area contributed by atoms with Gasteiger partial charge in [0.2, 0.25) is 0 Å². The van der Waals surface area contributed by atoms with E-state index in [1.807, 2.05) is 0 Å². The van der Waals surface area contributed by atoms with E-state index in [1.165, 1.54) is 58.7 Å². The molecule has 1 N–H and O–H groups in total. The third kappa shape index (κ3) is 5.05. The lowest BCUT2D eigenvalue weighted by atomic mass is 9.94. The summed E-state index contributed by atoms with van der Waals surface area (Å²) in [6, 6.07) is 0.728. The molecule has 19 heavy (non-hydrogen) atoms. The number of piperazine rings is 1. The maximum atomic E-state index is 3.47. The van der Waals surface area contributed by atoms with Crippen molar-refractivity contribution >= 4 is 0 Å².